The van der Waals surface area contributed by atoms with Gasteiger partial charge in [-0.15, -0.1) is 0 Å². The summed E-state index contributed by atoms with van der Waals surface area (Å²) in [4.78, 5) is 13.9. The summed E-state index contributed by atoms with van der Waals surface area (Å²) in [5.41, 5.74) is 5.75. The van der Waals surface area contributed by atoms with E-state index in [4.69, 9.17) is 5.73 Å². The van der Waals surface area contributed by atoms with Crippen LogP contribution in [0.1, 0.15) is 30.6 Å². The van der Waals surface area contributed by atoms with Crippen LogP contribution in [0.4, 0.5) is 0 Å². The summed E-state index contributed by atoms with van der Waals surface area (Å²) in [5.74, 6) is 0.149. The second-order valence-electron chi connectivity index (χ2n) is 3.79. The lowest BCUT2D eigenvalue weighted by atomic mass is 10.1. The number of nitrogens with one attached hydrogen (secondary N) is 1. The van der Waals surface area contributed by atoms with Gasteiger partial charge in [-0.25, -0.2) is 0 Å². The fourth-order valence-corrected chi connectivity index (χ4v) is 1.27. The maximum atomic E-state index is 11.0. The molecule has 1 heterocycles. The van der Waals surface area contributed by atoms with Gasteiger partial charge in [-0.3, -0.25) is 4.79 Å². The largest absolute Gasteiger partial charge is 0.366 e. The summed E-state index contributed by atoms with van der Waals surface area (Å²) in [5, 5.41) is 1.59. The molecule has 0 aliphatic heterocycles. The first-order valence-corrected chi connectivity index (χ1v) is 4.68. The van der Waals surface area contributed by atoms with Gasteiger partial charge in [0, 0.05) is 16.8 Å². The summed E-state index contributed by atoms with van der Waals surface area (Å²) >= 11 is 0. The average Bonchev–Trinajstić information content (AvgIpc) is 2.43. The molecule has 0 radical (unpaired) electrons. The van der Waals surface area contributed by atoms with Gasteiger partial charge in [-0.1, -0.05) is 26.5 Å². The van der Waals surface area contributed by atoms with Crippen molar-refractivity contribution in [2.75, 3.05) is 0 Å². The molecule has 1 aromatic rings. The van der Waals surface area contributed by atoms with Crippen molar-refractivity contribution in [1.29, 1.82) is 0 Å². The van der Waals surface area contributed by atoms with Crippen molar-refractivity contribution in [3.05, 3.63) is 22.3 Å². The second kappa shape index (κ2) is 4.13. The molecule has 0 unspecified atom stereocenters. The third-order valence-corrected chi connectivity index (χ3v) is 2.06. The van der Waals surface area contributed by atoms with Crippen LogP contribution in [0.2, 0.25) is 0 Å². The van der Waals surface area contributed by atoms with E-state index >= 15 is 0 Å². The topological polar surface area (TPSA) is 58.9 Å². The SMILES string of the molecule is C=c1[nH]cc(C(N)=O)c1=CCC(C)C. The third kappa shape index (κ3) is 2.25. The van der Waals surface area contributed by atoms with Gasteiger partial charge in [0.1, 0.15) is 0 Å². The van der Waals surface area contributed by atoms with Gasteiger partial charge in [-0.05, 0) is 12.3 Å². The first-order valence-electron chi connectivity index (χ1n) is 4.68. The Balaban J connectivity index is 3.18. The lowest BCUT2D eigenvalue weighted by molar-refractivity contribution is 0.0999. The van der Waals surface area contributed by atoms with Crippen molar-refractivity contribution in [1.82, 2.24) is 4.98 Å². The van der Waals surface area contributed by atoms with Crippen LogP contribution in [0.15, 0.2) is 6.20 Å². The molecule has 0 atom stereocenters. The fraction of sp³-hybridized carbons (Fsp3) is 0.364. The van der Waals surface area contributed by atoms with Crippen molar-refractivity contribution >= 4 is 18.6 Å². The monoisotopic (exact) mass is 192 g/mol. The minimum absolute atomic E-state index is 0.411. The standard InChI is InChI=1S/C11H16N2O/c1-7(2)4-5-9-8(3)13-6-10(9)11(12)14/h5-7,13H,3-4H2,1-2H3,(H2,12,14). The number of hydrogen-bond donors (Lipinski definition) is 2. The van der Waals surface area contributed by atoms with Gasteiger partial charge in [0.05, 0.1) is 5.56 Å². The van der Waals surface area contributed by atoms with E-state index < -0.39 is 5.91 Å². The number of nitrogens with two attached hydrogens (primary N) is 1. The summed E-state index contributed by atoms with van der Waals surface area (Å²) < 4.78 is 0. The Morgan fingerprint density at radius 3 is 2.86 bits per heavy atom. The Morgan fingerprint density at radius 2 is 2.36 bits per heavy atom. The summed E-state index contributed by atoms with van der Waals surface area (Å²) in [7, 11) is 0. The zero-order valence-corrected chi connectivity index (χ0v) is 8.63. The molecule has 0 aromatic carbocycles. The van der Waals surface area contributed by atoms with Gasteiger partial charge in [0.25, 0.3) is 5.91 Å². The highest BCUT2D eigenvalue weighted by Gasteiger charge is 2.04. The number of H-pyrrole nitrogens is 1. The summed E-state index contributed by atoms with van der Waals surface area (Å²) in [6.45, 7) is 8.05. The van der Waals surface area contributed by atoms with Crippen LogP contribution in [-0.2, 0) is 0 Å². The zero-order chi connectivity index (χ0) is 10.7. The minimum Gasteiger partial charge on any atom is -0.366 e. The lowest BCUT2D eigenvalue weighted by Gasteiger charge is -1.96. The van der Waals surface area contributed by atoms with Crippen LogP contribution in [0, 0.1) is 5.92 Å². The van der Waals surface area contributed by atoms with Gasteiger partial charge >= 0.3 is 0 Å². The molecule has 3 heteroatoms. The van der Waals surface area contributed by atoms with E-state index in [1.54, 1.807) is 6.20 Å². The molecule has 0 saturated carbocycles. The van der Waals surface area contributed by atoms with E-state index in [1.165, 1.54) is 0 Å². The van der Waals surface area contributed by atoms with Crippen LogP contribution in [0.25, 0.3) is 12.7 Å². The first kappa shape index (κ1) is 10.6. The van der Waals surface area contributed by atoms with E-state index in [0.29, 0.717) is 11.5 Å². The molecule has 0 aliphatic carbocycles. The van der Waals surface area contributed by atoms with Crippen molar-refractivity contribution in [2.45, 2.75) is 20.3 Å². The number of amides is 1. The van der Waals surface area contributed by atoms with E-state index in [2.05, 4.69) is 25.4 Å². The molecule has 14 heavy (non-hydrogen) atoms. The summed E-state index contributed by atoms with van der Waals surface area (Å²) in [6, 6.07) is 0. The second-order valence-corrected chi connectivity index (χ2v) is 3.79. The number of hydrogen-bond acceptors (Lipinski definition) is 1. The molecule has 3 N–H and O–H groups in total. The molecule has 1 rings (SSSR count). The van der Waals surface area contributed by atoms with Gasteiger partial charge in [0.2, 0.25) is 0 Å². The molecule has 1 amide bonds. The minimum atomic E-state index is -0.411. The van der Waals surface area contributed by atoms with Crippen LogP contribution in [0.3, 0.4) is 0 Å². The number of rotatable bonds is 3. The Kier molecular flexibility index (Phi) is 3.12. The van der Waals surface area contributed by atoms with E-state index in [0.717, 1.165) is 17.0 Å². The quantitative estimate of drug-likeness (QED) is 0.713. The van der Waals surface area contributed by atoms with Crippen LogP contribution in [0.5, 0.6) is 0 Å². The predicted octanol–water partition coefficient (Wildman–Crippen LogP) is 0.351. The molecule has 3 nitrogen and oxygen atoms in total. The average molecular weight is 192 g/mol. The van der Waals surface area contributed by atoms with Crippen molar-refractivity contribution in [3.63, 3.8) is 0 Å². The summed E-state index contributed by atoms with van der Waals surface area (Å²) in [6.07, 6.45) is 4.53. The van der Waals surface area contributed by atoms with Crippen molar-refractivity contribution in [2.24, 2.45) is 11.7 Å². The van der Waals surface area contributed by atoms with Gasteiger partial charge in [-0.2, -0.15) is 0 Å². The van der Waals surface area contributed by atoms with Crippen LogP contribution in [-0.4, -0.2) is 10.9 Å². The molecule has 0 bridgehead atoms. The van der Waals surface area contributed by atoms with E-state index in [-0.39, 0.29) is 0 Å². The number of carbonyl (C=O) groups excluding carboxylic acids is 1. The molecule has 0 saturated heterocycles. The van der Waals surface area contributed by atoms with Gasteiger partial charge < -0.3 is 10.7 Å². The van der Waals surface area contributed by atoms with Crippen molar-refractivity contribution in [3.8, 4) is 0 Å². The Hall–Kier alpha value is -1.51. The fourth-order valence-electron chi connectivity index (χ4n) is 1.27. The highest BCUT2D eigenvalue weighted by molar-refractivity contribution is 5.93. The highest BCUT2D eigenvalue weighted by atomic mass is 16.1. The predicted molar refractivity (Wildman–Crippen MR) is 58.0 cm³/mol. The van der Waals surface area contributed by atoms with Crippen LogP contribution < -0.4 is 16.3 Å². The number of carbonyl (C=O) groups is 1. The molecular weight excluding hydrogens is 176 g/mol. The Labute approximate surface area is 83.3 Å². The highest BCUT2D eigenvalue weighted by Crippen LogP contribution is 1.99. The van der Waals surface area contributed by atoms with Gasteiger partial charge in [0.15, 0.2) is 0 Å². The maximum absolute atomic E-state index is 11.0. The molecule has 0 aliphatic rings. The third-order valence-electron chi connectivity index (χ3n) is 2.06. The molecule has 76 valence electrons. The number of aromatic nitrogens is 1. The first-order chi connectivity index (χ1) is 6.52. The number of primary amides is 1. The van der Waals surface area contributed by atoms with Crippen LogP contribution >= 0.6 is 0 Å². The Bertz CT molecular complexity index is 429. The zero-order valence-electron chi connectivity index (χ0n) is 8.63. The van der Waals surface area contributed by atoms with E-state index in [1.807, 2.05) is 6.08 Å². The molecular formula is C11H16N2O. The lowest BCUT2D eigenvalue weighted by Crippen LogP contribution is -2.28. The Morgan fingerprint density at radius 1 is 1.71 bits per heavy atom. The maximum Gasteiger partial charge on any atom is 0.250 e. The molecule has 0 spiro atoms. The van der Waals surface area contributed by atoms with E-state index in [9.17, 15) is 4.79 Å². The molecule has 0 fully saturated rings. The van der Waals surface area contributed by atoms with Crippen molar-refractivity contribution < 1.29 is 4.79 Å². The normalized spacial score (nSPS) is 12.4. The smallest absolute Gasteiger partial charge is 0.250 e. The number of aromatic amines is 1. The molecule has 1 aromatic heterocycles.